The van der Waals surface area contributed by atoms with Crippen molar-refractivity contribution in [1.29, 1.82) is 0 Å². The zero-order valence-electron chi connectivity index (χ0n) is 14.4. The number of hydrogen-bond acceptors (Lipinski definition) is 6. The summed E-state index contributed by atoms with van der Waals surface area (Å²) in [5.74, 6) is 1.48. The first kappa shape index (κ1) is 17.5. The molecule has 7 heteroatoms. The molecule has 128 valence electrons. The second-order valence-corrected chi connectivity index (χ2v) is 4.96. The van der Waals surface area contributed by atoms with Gasteiger partial charge in [-0.25, -0.2) is 9.97 Å². The van der Waals surface area contributed by atoms with Gasteiger partial charge in [-0.05, 0) is 26.0 Å². The smallest absolute Gasteiger partial charge is 0.258 e. The Balaban J connectivity index is 2.15. The number of amides is 1. The number of aromatic nitrogens is 2. The van der Waals surface area contributed by atoms with Crippen LogP contribution in [0.25, 0.3) is 0 Å². The number of hydrogen-bond donors (Lipinski definition) is 1. The molecule has 1 aromatic carbocycles. The molecule has 1 amide bonds. The largest absolute Gasteiger partial charge is 0.497 e. The summed E-state index contributed by atoms with van der Waals surface area (Å²) in [6.07, 6.45) is 3.04. The highest BCUT2D eigenvalue weighted by molar-refractivity contribution is 6.04. The average Bonchev–Trinajstić information content (AvgIpc) is 2.63. The van der Waals surface area contributed by atoms with Crippen LogP contribution in [-0.4, -0.2) is 43.2 Å². The van der Waals surface area contributed by atoms with Crippen molar-refractivity contribution in [1.82, 2.24) is 9.97 Å². The normalized spacial score (nSPS) is 10.2. The fraction of sp³-hybridized carbons (Fsp3) is 0.353. The van der Waals surface area contributed by atoms with Gasteiger partial charge in [0.05, 0.1) is 25.5 Å². The van der Waals surface area contributed by atoms with Crippen LogP contribution < -0.4 is 19.7 Å². The van der Waals surface area contributed by atoms with Crippen molar-refractivity contribution in [2.75, 3.05) is 37.5 Å². The molecule has 0 unspecified atom stereocenters. The lowest BCUT2D eigenvalue weighted by molar-refractivity contribution is 0.102. The number of benzene rings is 1. The van der Waals surface area contributed by atoms with Crippen LogP contribution in [0.1, 0.15) is 24.2 Å². The topological polar surface area (TPSA) is 76.6 Å². The molecule has 0 spiro atoms. The van der Waals surface area contributed by atoms with Gasteiger partial charge in [-0.3, -0.25) is 4.79 Å². The number of nitrogens with zero attached hydrogens (tertiary/aromatic N) is 3. The summed E-state index contributed by atoms with van der Waals surface area (Å²) in [6, 6.07) is 5.17. The molecular formula is C17H22N4O3. The Morgan fingerprint density at radius 2 is 1.79 bits per heavy atom. The maximum atomic E-state index is 12.4. The molecule has 0 aliphatic heterocycles. The first-order valence-electron chi connectivity index (χ1n) is 7.73. The fourth-order valence-corrected chi connectivity index (χ4v) is 2.20. The monoisotopic (exact) mass is 330 g/mol. The van der Waals surface area contributed by atoms with Crippen LogP contribution in [0.3, 0.4) is 0 Å². The second kappa shape index (κ2) is 8.14. The van der Waals surface area contributed by atoms with Gasteiger partial charge in [0.15, 0.2) is 0 Å². The van der Waals surface area contributed by atoms with E-state index in [1.165, 1.54) is 19.5 Å². The van der Waals surface area contributed by atoms with Gasteiger partial charge >= 0.3 is 0 Å². The van der Waals surface area contributed by atoms with Crippen LogP contribution in [0.4, 0.5) is 11.6 Å². The van der Waals surface area contributed by atoms with Crippen LogP contribution in [-0.2, 0) is 0 Å². The number of carbonyl (C=O) groups is 1. The van der Waals surface area contributed by atoms with E-state index in [1.54, 1.807) is 25.3 Å². The van der Waals surface area contributed by atoms with Crippen LogP contribution in [0.2, 0.25) is 0 Å². The van der Waals surface area contributed by atoms with E-state index in [9.17, 15) is 4.79 Å². The first-order chi connectivity index (χ1) is 11.6. The van der Waals surface area contributed by atoms with Gasteiger partial charge in [0.25, 0.3) is 5.91 Å². The van der Waals surface area contributed by atoms with Crippen LogP contribution >= 0.6 is 0 Å². The highest BCUT2D eigenvalue weighted by atomic mass is 16.5. The molecule has 0 aliphatic rings. The number of methoxy groups -OCH3 is 2. The molecule has 1 N–H and O–H groups in total. The van der Waals surface area contributed by atoms with Crippen molar-refractivity contribution in [2.24, 2.45) is 0 Å². The quantitative estimate of drug-likeness (QED) is 0.841. The molecule has 0 radical (unpaired) electrons. The number of anilines is 2. The van der Waals surface area contributed by atoms with E-state index < -0.39 is 0 Å². The summed E-state index contributed by atoms with van der Waals surface area (Å²) in [7, 11) is 3.11. The van der Waals surface area contributed by atoms with Gasteiger partial charge in [0.1, 0.15) is 11.5 Å². The minimum absolute atomic E-state index is 0.301. The zero-order chi connectivity index (χ0) is 17.5. The molecule has 2 aromatic rings. The van der Waals surface area contributed by atoms with Gasteiger partial charge in [-0.2, -0.15) is 0 Å². The Bertz CT molecular complexity index is 685. The predicted octanol–water partition coefficient (Wildman–Crippen LogP) is 2.59. The van der Waals surface area contributed by atoms with Crippen LogP contribution in [0.5, 0.6) is 11.5 Å². The Kier molecular flexibility index (Phi) is 5.95. The van der Waals surface area contributed by atoms with Gasteiger partial charge in [0.2, 0.25) is 5.95 Å². The molecule has 0 fully saturated rings. The zero-order valence-corrected chi connectivity index (χ0v) is 14.4. The van der Waals surface area contributed by atoms with Gasteiger partial charge < -0.3 is 19.7 Å². The maximum Gasteiger partial charge on any atom is 0.258 e. The summed E-state index contributed by atoms with van der Waals surface area (Å²) < 4.78 is 10.4. The van der Waals surface area contributed by atoms with Gasteiger partial charge in [0, 0.05) is 31.5 Å². The molecule has 0 aliphatic carbocycles. The van der Waals surface area contributed by atoms with Crippen molar-refractivity contribution in [3.63, 3.8) is 0 Å². The predicted molar refractivity (Wildman–Crippen MR) is 93.1 cm³/mol. The first-order valence-corrected chi connectivity index (χ1v) is 7.73. The molecule has 1 aromatic heterocycles. The van der Waals surface area contributed by atoms with E-state index in [-0.39, 0.29) is 5.91 Å². The molecule has 0 bridgehead atoms. The lowest BCUT2D eigenvalue weighted by atomic mass is 10.2. The lowest BCUT2D eigenvalue weighted by Gasteiger charge is -2.18. The maximum absolute atomic E-state index is 12.4. The SMILES string of the molecule is CCN(CC)c1ncc(C(=O)Nc2ccc(OC)cc2OC)cn1. The molecule has 7 nitrogen and oxygen atoms in total. The highest BCUT2D eigenvalue weighted by Gasteiger charge is 2.13. The van der Waals surface area contributed by atoms with E-state index in [0.29, 0.717) is 28.7 Å². The Morgan fingerprint density at radius 3 is 2.33 bits per heavy atom. The average molecular weight is 330 g/mol. The van der Waals surface area contributed by atoms with Crippen molar-refractivity contribution < 1.29 is 14.3 Å². The third kappa shape index (κ3) is 3.92. The molecule has 24 heavy (non-hydrogen) atoms. The molecule has 2 rings (SSSR count). The highest BCUT2D eigenvalue weighted by Crippen LogP contribution is 2.29. The van der Waals surface area contributed by atoms with Crippen molar-refractivity contribution in [3.05, 3.63) is 36.2 Å². The second-order valence-electron chi connectivity index (χ2n) is 4.96. The third-order valence-electron chi connectivity index (χ3n) is 3.60. The van der Waals surface area contributed by atoms with Gasteiger partial charge in [-0.1, -0.05) is 0 Å². The standard InChI is InChI=1S/C17H22N4O3/c1-5-21(6-2)17-18-10-12(11-19-17)16(22)20-14-8-7-13(23-3)9-15(14)24-4/h7-11H,5-6H2,1-4H3,(H,20,22). The number of nitrogens with one attached hydrogen (secondary N) is 1. The van der Waals surface area contributed by atoms with Crippen molar-refractivity contribution in [2.45, 2.75) is 13.8 Å². The fourth-order valence-electron chi connectivity index (χ4n) is 2.20. The number of carbonyl (C=O) groups excluding carboxylic acids is 1. The molecule has 0 saturated heterocycles. The minimum Gasteiger partial charge on any atom is -0.497 e. The summed E-state index contributed by atoms with van der Waals surface area (Å²) in [5.41, 5.74) is 0.930. The molecule has 0 saturated carbocycles. The van der Waals surface area contributed by atoms with E-state index in [1.807, 2.05) is 18.7 Å². The minimum atomic E-state index is -0.301. The summed E-state index contributed by atoms with van der Waals surface area (Å²) in [4.78, 5) is 22.9. The van der Waals surface area contributed by atoms with Crippen molar-refractivity contribution >= 4 is 17.5 Å². The lowest BCUT2D eigenvalue weighted by Crippen LogP contribution is -2.24. The number of rotatable bonds is 7. The Labute approximate surface area is 141 Å². The van der Waals surface area contributed by atoms with Crippen LogP contribution in [0, 0.1) is 0 Å². The van der Waals surface area contributed by atoms with E-state index in [4.69, 9.17) is 9.47 Å². The third-order valence-corrected chi connectivity index (χ3v) is 3.60. The van der Waals surface area contributed by atoms with Gasteiger partial charge in [-0.15, -0.1) is 0 Å². The molecular weight excluding hydrogens is 308 g/mol. The van der Waals surface area contributed by atoms with Crippen molar-refractivity contribution in [3.8, 4) is 11.5 Å². The molecule has 0 atom stereocenters. The summed E-state index contributed by atoms with van der Waals surface area (Å²) in [5, 5.41) is 2.79. The summed E-state index contributed by atoms with van der Waals surface area (Å²) >= 11 is 0. The Hall–Kier alpha value is -2.83. The Morgan fingerprint density at radius 1 is 1.12 bits per heavy atom. The van der Waals surface area contributed by atoms with E-state index in [2.05, 4.69) is 15.3 Å². The summed E-state index contributed by atoms with van der Waals surface area (Å²) in [6.45, 7) is 5.68. The van der Waals surface area contributed by atoms with Crippen LogP contribution in [0.15, 0.2) is 30.6 Å². The number of ether oxygens (including phenoxy) is 2. The van der Waals surface area contributed by atoms with E-state index >= 15 is 0 Å². The molecule has 1 heterocycles. The van der Waals surface area contributed by atoms with E-state index in [0.717, 1.165) is 13.1 Å².